The van der Waals surface area contributed by atoms with Crippen molar-refractivity contribution in [3.8, 4) is 0 Å². The van der Waals surface area contributed by atoms with Gasteiger partial charge >= 0.3 is 0 Å². The highest BCUT2D eigenvalue weighted by molar-refractivity contribution is 7.91. The lowest BCUT2D eigenvalue weighted by atomic mass is 10.2. The van der Waals surface area contributed by atoms with E-state index in [0.717, 1.165) is 24.6 Å². The second-order valence-corrected chi connectivity index (χ2v) is 7.14. The van der Waals surface area contributed by atoms with Gasteiger partial charge in [-0.05, 0) is 25.1 Å². The van der Waals surface area contributed by atoms with Crippen LogP contribution < -0.4 is 10.2 Å². The van der Waals surface area contributed by atoms with Crippen LogP contribution in [-0.2, 0) is 16.4 Å². The van der Waals surface area contributed by atoms with E-state index < -0.39 is 9.84 Å². The number of hydrogen-bond donors (Lipinski definition) is 1. The molecule has 0 aliphatic carbocycles. The molecule has 6 heteroatoms. The summed E-state index contributed by atoms with van der Waals surface area (Å²) in [5, 5.41) is 3.28. The third kappa shape index (κ3) is 3.67. The molecule has 0 saturated carbocycles. The number of nitrogens with one attached hydrogen (secondary N) is 1. The predicted molar refractivity (Wildman–Crippen MR) is 77.2 cm³/mol. The van der Waals surface area contributed by atoms with Gasteiger partial charge in [-0.3, -0.25) is 0 Å². The minimum Gasteiger partial charge on any atom is -0.355 e. The lowest BCUT2D eigenvalue weighted by Crippen LogP contribution is -2.40. The molecule has 2 heterocycles. The molecule has 1 aliphatic heterocycles. The van der Waals surface area contributed by atoms with Gasteiger partial charge in [0.1, 0.15) is 5.82 Å². The number of hydrogen-bond acceptors (Lipinski definition) is 5. The Hall–Kier alpha value is -1.14. The number of nitrogens with zero attached hydrogens (tertiary/aromatic N) is 2. The van der Waals surface area contributed by atoms with Crippen molar-refractivity contribution in [2.45, 2.75) is 20.4 Å². The van der Waals surface area contributed by atoms with Crippen molar-refractivity contribution in [1.29, 1.82) is 0 Å². The van der Waals surface area contributed by atoms with Gasteiger partial charge in [0.05, 0.1) is 11.5 Å². The van der Waals surface area contributed by atoms with Crippen LogP contribution in [0.15, 0.2) is 12.1 Å². The number of sulfone groups is 1. The average molecular weight is 283 g/mol. The summed E-state index contributed by atoms with van der Waals surface area (Å²) in [5.74, 6) is 1.34. The standard InChI is InChI=1S/C13H21N3O2S/c1-3-14-10-12-4-5-13(15-11(12)2)16-6-8-19(17,18)9-7-16/h4-5,14H,3,6-10H2,1-2H3. The summed E-state index contributed by atoms with van der Waals surface area (Å²) < 4.78 is 22.8. The Kier molecular flexibility index (Phi) is 4.42. The number of pyridine rings is 1. The summed E-state index contributed by atoms with van der Waals surface area (Å²) in [6, 6.07) is 4.06. The molecule has 0 unspecified atom stereocenters. The minimum atomic E-state index is -2.83. The molecule has 0 bridgehead atoms. The highest BCUT2D eigenvalue weighted by atomic mass is 32.2. The summed E-state index contributed by atoms with van der Waals surface area (Å²) in [4.78, 5) is 6.64. The van der Waals surface area contributed by atoms with Crippen molar-refractivity contribution in [3.05, 3.63) is 23.4 Å². The fourth-order valence-corrected chi connectivity index (χ4v) is 3.34. The van der Waals surface area contributed by atoms with E-state index in [1.807, 2.05) is 17.9 Å². The van der Waals surface area contributed by atoms with Crippen LogP contribution in [-0.4, -0.2) is 44.5 Å². The molecule has 1 N–H and O–H groups in total. The Bertz CT molecular complexity index is 529. The van der Waals surface area contributed by atoms with Crippen molar-refractivity contribution >= 4 is 15.7 Å². The molecule has 1 aliphatic rings. The number of aryl methyl sites for hydroxylation is 1. The molecule has 1 aromatic rings. The molecule has 0 atom stereocenters. The van der Waals surface area contributed by atoms with Crippen molar-refractivity contribution in [2.75, 3.05) is 36.0 Å². The van der Waals surface area contributed by atoms with E-state index in [1.54, 1.807) is 0 Å². The maximum Gasteiger partial charge on any atom is 0.153 e. The molecule has 0 amide bonds. The van der Waals surface area contributed by atoms with Crippen LogP contribution in [0.25, 0.3) is 0 Å². The average Bonchev–Trinajstić information content (AvgIpc) is 2.37. The summed E-state index contributed by atoms with van der Waals surface area (Å²) >= 11 is 0. The molecule has 5 nitrogen and oxygen atoms in total. The number of aromatic nitrogens is 1. The summed E-state index contributed by atoms with van der Waals surface area (Å²) in [5.41, 5.74) is 2.20. The Labute approximate surface area is 114 Å². The van der Waals surface area contributed by atoms with Crippen molar-refractivity contribution in [1.82, 2.24) is 10.3 Å². The summed E-state index contributed by atoms with van der Waals surface area (Å²) in [6.45, 7) is 6.92. The molecule has 1 fully saturated rings. The maximum absolute atomic E-state index is 11.4. The van der Waals surface area contributed by atoms with Crippen LogP contribution in [0, 0.1) is 6.92 Å². The molecular weight excluding hydrogens is 262 g/mol. The number of anilines is 1. The van der Waals surface area contributed by atoms with Gasteiger partial charge in [-0.25, -0.2) is 13.4 Å². The summed E-state index contributed by atoms with van der Waals surface area (Å²) in [7, 11) is -2.83. The lowest BCUT2D eigenvalue weighted by molar-refractivity contribution is 0.586. The molecule has 0 radical (unpaired) electrons. The maximum atomic E-state index is 11.4. The van der Waals surface area contributed by atoms with Crippen LogP contribution in [0.4, 0.5) is 5.82 Å². The van der Waals surface area contributed by atoms with Crippen molar-refractivity contribution in [2.24, 2.45) is 0 Å². The Morgan fingerprint density at radius 2 is 2.00 bits per heavy atom. The zero-order valence-electron chi connectivity index (χ0n) is 11.5. The van der Waals surface area contributed by atoms with Crippen LogP contribution in [0.5, 0.6) is 0 Å². The van der Waals surface area contributed by atoms with E-state index in [4.69, 9.17) is 0 Å². The Morgan fingerprint density at radius 1 is 1.32 bits per heavy atom. The highest BCUT2D eigenvalue weighted by Gasteiger charge is 2.22. The van der Waals surface area contributed by atoms with Gasteiger partial charge in [-0.1, -0.05) is 13.0 Å². The highest BCUT2D eigenvalue weighted by Crippen LogP contribution is 2.17. The van der Waals surface area contributed by atoms with E-state index in [1.165, 1.54) is 5.56 Å². The van der Waals surface area contributed by atoms with Crippen molar-refractivity contribution < 1.29 is 8.42 Å². The first-order valence-electron chi connectivity index (χ1n) is 6.64. The predicted octanol–water partition coefficient (Wildman–Crippen LogP) is 0.734. The normalized spacial score (nSPS) is 18.5. The van der Waals surface area contributed by atoms with Crippen LogP contribution in [0.1, 0.15) is 18.2 Å². The Morgan fingerprint density at radius 3 is 2.58 bits per heavy atom. The first-order valence-corrected chi connectivity index (χ1v) is 8.46. The lowest BCUT2D eigenvalue weighted by Gasteiger charge is -2.28. The first-order chi connectivity index (χ1) is 9.02. The minimum absolute atomic E-state index is 0.229. The van der Waals surface area contributed by atoms with Gasteiger partial charge in [0.15, 0.2) is 9.84 Å². The molecule has 0 spiro atoms. The molecule has 0 aromatic carbocycles. The van der Waals surface area contributed by atoms with Crippen LogP contribution in [0.2, 0.25) is 0 Å². The van der Waals surface area contributed by atoms with Crippen LogP contribution in [0.3, 0.4) is 0 Å². The van der Waals surface area contributed by atoms with Gasteiger partial charge < -0.3 is 10.2 Å². The first kappa shape index (κ1) is 14.3. The largest absolute Gasteiger partial charge is 0.355 e. The van der Waals surface area contributed by atoms with E-state index >= 15 is 0 Å². The third-order valence-electron chi connectivity index (χ3n) is 3.41. The topological polar surface area (TPSA) is 62.3 Å². The second-order valence-electron chi connectivity index (χ2n) is 4.83. The SMILES string of the molecule is CCNCc1ccc(N2CCS(=O)(=O)CC2)nc1C. The van der Waals surface area contributed by atoms with Crippen LogP contribution >= 0.6 is 0 Å². The molecular formula is C13H21N3O2S. The monoisotopic (exact) mass is 283 g/mol. The van der Waals surface area contributed by atoms with E-state index in [9.17, 15) is 8.42 Å². The molecule has 106 valence electrons. The fourth-order valence-electron chi connectivity index (χ4n) is 2.14. The second kappa shape index (κ2) is 5.88. The zero-order chi connectivity index (χ0) is 13.9. The molecule has 1 aromatic heterocycles. The molecule has 2 rings (SSSR count). The summed E-state index contributed by atoms with van der Waals surface area (Å²) in [6.07, 6.45) is 0. The van der Waals surface area contributed by atoms with E-state index in [0.29, 0.717) is 13.1 Å². The van der Waals surface area contributed by atoms with Gasteiger partial charge in [0.25, 0.3) is 0 Å². The third-order valence-corrected chi connectivity index (χ3v) is 5.02. The molecule has 19 heavy (non-hydrogen) atoms. The fraction of sp³-hybridized carbons (Fsp3) is 0.615. The van der Waals surface area contributed by atoms with Gasteiger partial charge in [-0.15, -0.1) is 0 Å². The smallest absolute Gasteiger partial charge is 0.153 e. The molecule has 1 saturated heterocycles. The Balaban J connectivity index is 2.08. The van der Waals surface area contributed by atoms with Gasteiger partial charge in [0, 0.05) is 25.3 Å². The van der Waals surface area contributed by atoms with Crippen molar-refractivity contribution in [3.63, 3.8) is 0 Å². The van der Waals surface area contributed by atoms with E-state index in [2.05, 4.69) is 23.3 Å². The van der Waals surface area contributed by atoms with Gasteiger partial charge in [-0.2, -0.15) is 0 Å². The van der Waals surface area contributed by atoms with Gasteiger partial charge in [0.2, 0.25) is 0 Å². The zero-order valence-corrected chi connectivity index (χ0v) is 12.3. The quantitative estimate of drug-likeness (QED) is 0.883. The van der Waals surface area contributed by atoms with E-state index in [-0.39, 0.29) is 11.5 Å². The number of rotatable bonds is 4.